The van der Waals surface area contributed by atoms with Crippen LogP contribution in [0.3, 0.4) is 0 Å². The van der Waals surface area contributed by atoms with E-state index in [4.69, 9.17) is 5.73 Å². The molecule has 2 aromatic rings. The van der Waals surface area contributed by atoms with E-state index in [1.807, 2.05) is 0 Å². The number of halogens is 3. The van der Waals surface area contributed by atoms with E-state index in [1.54, 1.807) is 11.0 Å². The summed E-state index contributed by atoms with van der Waals surface area (Å²) < 4.78 is 38.4. The van der Waals surface area contributed by atoms with Crippen molar-refractivity contribution in [2.24, 2.45) is 5.73 Å². The number of hydrogen-bond donors (Lipinski definition) is 1. The number of pyridine rings is 1. The number of fused-ring (bicyclic) bond motifs is 1. The van der Waals surface area contributed by atoms with E-state index in [9.17, 15) is 18.0 Å². The molecule has 0 bridgehead atoms. The molecule has 9 heteroatoms. The highest BCUT2D eigenvalue weighted by Gasteiger charge is 2.32. The summed E-state index contributed by atoms with van der Waals surface area (Å²) >= 11 is 0. The van der Waals surface area contributed by atoms with Crippen molar-refractivity contribution >= 4 is 11.7 Å². The molecule has 0 radical (unpaired) electrons. The number of carbonyl (C=O) groups is 1. The predicted octanol–water partition coefficient (Wildman–Crippen LogP) is 1.55. The Morgan fingerprint density at radius 3 is 2.78 bits per heavy atom. The molecule has 1 aliphatic rings. The fourth-order valence-corrected chi connectivity index (χ4v) is 2.42. The van der Waals surface area contributed by atoms with Crippen LogP contribution in [0.2, 0.25) is 0 Å². The van der Waals surface area contributed by atoms with Gasteiger partial charge in [0.25, 0.3) is 5.91 Å². The van der Waals surface area contributed by atoms with Crippen molar-refractivity contribution in [1.29, 1.82) is 0 Å². The highest BCUT2D eigenvalue weighted by atomic mass is 19.4. The second-order valence-corrected chi connectivity index (χ2v) is 5.10. The number of carbonyl (C=O) groups excluding carboxylic acids is 1. The lowest BCUT2D eigenvalue weighted by atomic mass is 10.0. The first-order chi connectivity index (χ1) is 10.8. The molecule has 1 amide bonds. The quantitative estimate of drug-likeness (QED) is 0.906. The van der Waals surface area contributed by atoms with Crippen LogP contribution >= 0.6 is 0 Å². The topological polar surface area (TPSA) is 85.0 Å². The first kappa shape index (κ1) is 15.2. The number of hydrogen-bond acceptors (Lipinski definition) is 5. The molecule has 0 spiro atoms. The normalized spacial score (nSPS) is 14.5. The van der Waals surface area contributed by atoms with Gasteiger partial charge in [-0.15, -0.1) is 0 Å². The molecular formula is C14H12F3N5O. The average molecular weight is 323 g/mol. The van der Waals surface area contributed by atoms with Crippen LogP contribution in [0.25, 0.3) is 0 Å². The molecule has 2 N–H and O–H groups in total. The van der Waals surface area contributed by atoms with E-state index in [1.165, 1.54) is 6.20 Å². The Labute approximate surface area is 129 Å². The van der Waals surface area contributed by atoms with Crippen LogP contribution in [0, 0.1) is 0 Å². The third kappa shape index (κ3) is 3.08. The molecule has 0 saturated heterocycles. The molecule has 3 rings (SSSR count). The highest BCUT2D eigenvalue weighted by Crippen LogP contribution is 2.31. The average Bonchev–Trinajstić information content (AvgIpc) is 2.53. The third-order valence-electron chi connectivity index (χ3n) is 3.55. The molecule has 6 nitrogen and oxygen atoms in total. The minimum absolute atomic E-state index is 0.129. The van der Waals surface area contributed by atoms with Crippen LogP contribution in [-0.4, -0.2) is 27.4 Å². The number of nitrogens with zero attached hydrogens (tertiary/aromatic N) is 4. The van der Waals surface area contributed by atoms with Gasteiger partial charge in [-0.25, -0.2) is 9.97 Å². The van der Waals surface area contributed by atoms with E-state index in [2.05, 4.69) is 15.0 Å². The summed E-state index contributed by atoms with van der Waals surface area (Å²) in [5, 5.41) is 0. The zero-order chi connectivity index (χ0) is 16.6. The molecule has 2 aromatic heterocycles. The Morgan fingerprint density at radius 2 is 2.09 bits per heavy atom. The van der Waals surface area contributed by atoms with Gasteiger partial charge in [0.2, 0.25) is 5.82 Å². The maximum absolute atomic E-state index is 12.8. The van der Waals surface area contributed by atoms with E-state index in [0.717, 1.165) is 12.3 Å². The SMILES string of the molecule is NC(=O)c1nccc(N2CCc3ncc(C(F)(F)F)cc3C2)n1. The predicted molar refractivity (Wildman–Crippen MR) is 74.5 cm³/mol. The lowest BCUT2D eigenvalue weighted by molar-refractivity contribution is -0.137. The van der Waals surface area contributed by atoms with Gasteiger partial charge in [0.1, 0.15) is 5.82 Å². The Morgan fingerprint density at radius 1 is 1.30 bits per heavy atom. The van der Waals surface area contributed by atoms with E-state index < -0.39 is 17.6 Å². The van der Waals surface area contributed by atoms with Gasteiger partial charge < -0.3 is 10.6 Å². The van der Waals surface area contributed by atoms with Crippen LogP contribution in [-0.2, 0) is 19.1 Å². The first-order valence-electron chi connectivity index (χ1n) is 6.77. The van der Waals surface area contributed by atoms with Gasteiger partial charge in [0.05, 0.1) is 5.56 Å². The minimum atomic E-state index is -4.43. The summed E-state index contributed by atoms with van der Waals surface area (Å²) in [7, 11) is 0. The molecule has 23 heavy (non-hydrogen) atoms. The lowest BCUT2D eigenvalue weighted by Crippen LogP contribution is -2.32. The molecule has 0 fully saturated rings. The van der Waals surface area contributed by atoms with Crippen molar-refractivity contribution in [2.75, 3.05) is 11.4 Å². The zero-order valence-electron chi connectivity index (χ0n) is 11.8. The van der Waals surface area contributed by atoms with Gasteiger partial charge in [-0.2, -0.15) is 13.2 Å². The second-order valence-electron chi connectivity index (χ2n) is 5.10. The van der Waals surface area contributed by atoms with Crippen molar-refractivity contribution in [3.8, 4) is 0 Å². The maximum Gasteiger partial charge on any atom is 0.417 e. The Balaban J connectivity index is 1.90. The van der Waals surface area contributed by atoms with Crippen molar-refractivity contribution < 1.29 is 18.0 Å². The Bertz CT molecular complexity index is 762. The molecule has 1 aliphatic heterocycles. The number of anilines is 1. The van der Waals surface area contributed by atoms with Crippen LogP contribution < -0.4 is 10.6 Å². The molecule has 0 aliphatic carbocycles. The first-order valence-corrected chi connectivity index (χ1v) is 6.77. The van der Waals surface area contributed by atoms with Crippen molar-refractivity contribution in [3.63, 3.8) is 0 Å². The van der Waals surface area contributed by atoms with Crippen LogP contribution in [0.15, 0.2) is 24.5 Å². The maximum atomic E-state index is 12.8. The van der Waals surface area contributed by atoms with Crippen LogP contribution in [0.1, 0.15) is 27.4 Å². The zero-order valence-corrected chi connectivity index (χ0v) is 11.8. The molecule has 0 unspecified atom stereocenters. The molecular weight excluding hydrogens is 311 g/mol. The van der Waals surface area contributed by atoms with Crippen molar-refractivity contribution in [2.45, 2.75) is 19.1 Å². The molecule has 0 atom stereocenters. The summed E-state index contributed by atoms with van der Waals surface area (Å²) in [5.41, 5.74) is 5.49. The number of primary amides is 1. The smallest absolute Gasteiger partial charge is 0.363 e. The monoisotopic (exact) mass is 323 g/mol. The fraction of sp³-hybridized carbons (Fsp3) is 0.286. The van der Waals surface area contributed by atoms with Gasteiger partial charge in [0, 0.05) is 37.6 Å². The van der Waals surface area contributed by atoms with Gasteiger partial charge in [-0.1, -0.05) is 0 Å². The number of amides is 1. The van der Waals surface area contributed by atoms with E-state index in [0.29, 0.717) is 30.0 Å². The lowest BCUT2D eigenvalue weighted by Gasteiger charge is -2.29. The summed E-state index contributed by atoms with van der Waals surface area (Å²) in [6, 6.07) is 2.68. The van der Waals surface area contributed by atoms with Gasteiger partial charge in [-0.05, 0) is 17.7 Å². The standard InChI is InChI=1S/C14H12F3N5O/c15-14(16,17)9-5-8-7-22(4-2-10(8)20-6-9)11-1-3-19-13(21-11)12(18)23/h1,3,5-6H,2,4,7H2,(H2,18,23). The van der Waals surface area contributed by atoms with Gasteiger partial charge in [0.15, 0.2) is 0 Å². The van der Waals surface area contributed by atoms with Gasteiger partial charge >= 0.3 is 6.18 Å². The number of aromatic nitrogens is 3. The van der Waals surface area contributed by atoms with Crippen LogP contribution in [0.5, 0.6) is 0 Å². The molecule has 120 valence electrons. The summed E-state index contributed by atoms with van der Waals surface area (Å²) in [6.07, 6.45) is -1.70. The summed E-state index contributed by atoms with van der Waals surface area (Å²) in [6.45, 7) is 0.752. The number of alkyl halides is 3. The summed E-state index contributed by atoms with van der Waals surface area (Å²) in [4.78, 5) is 24.6. The van der Waals surface area contributed by atoms with E-state index in [-0.39, 0.29) is 12.4 Å². The Hall–Kier alpha value is -2.71. The number of rotatable bonds is 2. The largest absolute Gasteiger partial charge is 0.417 e. The van der Waals surface area contributed by atoms with Gasteiger partial charge in [-0.3, -0.25) is 9.78 Å². The number of nitrogens with two attached hydrogens (primary N) is 1. The van der Waals surface area contributed by atoms with Crippen molar-refractivity contribution in [3.05, 3.63) is 47.2 Å². The van der Waals surface area contributed by atoms with Crippen molar-refractivity contribution in [1.82, 2.24) is 15.0 Å². The summed E-state index contributed by atoms with van der Waals surface area (Å²) in [5.74, 6) is -0.447. The van der Waals surface area contributed by atoms with Crippen LogP contribution in [0.4, 0.5) is 19.0 Å². The highest BCUT2D eigenvalue weighted by molar-refractivity contribution is 5.89. The third-order valence-corrected chi connectivity index (χ3v) is 3.55. The molecule has 0 aromatic carbocycles. The fourth-order valence-electron chi connectivity index (χ4n) is 2.42. The Kier molecular flexibility index (Phi) is 3.63. The second kappa shape index (κ2) is 5.49. The molecule has 0 saturated carbocycles. The molecule has 3 heterocycles. The van der Waals surface area contributed by atoms with E-state index >= 15 is 0 Å². The minimum Gasteiger partial charge on any atom is -0.363 e.